The average Bonchev–Trinajstić information content (AvgIpc) is 2.19. The van der Waals surface area contributed by atoms with E-state index >= 15 is 0 Å². The third-order valence-electron chi connectivity index (χ3n) is 2.92. The molecular weight excluding hydrogens is 194 g/mol. The maximum absolute atomic E-state index is 11.0. The Balaban J connectivity index is 2.50. The number of hydrogen-bond donors (Lipinski definition) is 1. The zero-order chi connectivity index (χ0) is 11.3. The molecule has 0 aromatic carbocycles. The SMILES string of the molecule is CCOC1CCCN(C(CC)C(=O)O)C1. The average molecular weight is 215 g/mol. The Hall–Kier alpha value is -0.610. The molecule has 4 nitrogen and oxygen atoms in total. The second-order valence-corrected chi connectivity index (χ2v) is 3.98. The van der Waals surface area contributed by atoms with Crippen molar-refractivity contribution in [3.05, 3.63) is 0 Å². The standard InChI is InChI=1S/C11H21NO3/c1-3-10(11(13)14)12-7-5-6-9(8-12)15-4-2/h9-10H,3-8H2,1-2H3,(H,13,14). The van der Waals surface area contributed by atoms with E-state index in [1.807, 2.05) is 18.7 Å². The van der Waals surface area contributed by atoms with Gasteiger partial charge in [0.2, 0.25) is 0 Å². The molecule has 1 saturated heterocycles. The van der Waals surface area contributed by atoms with Gasteiger partial charge in [-0.3, -0.25) is 9.69 Å². The Morgan fingerprint density at radius 3 is 2.87 bits per heavy atom. The first-order valence-electron chi connectivity index (χ1n) is 5.77. The molecule has 2 atom stereocenters. The summed E-state index contributed by atoms with van der Waals surface area (Å²) >= 11 is 0. The Morgan fingerprint density at radius 1 is 1.60 bits per heavy atom. The van der Waals surface area contributed by atoms with E-state index in [0.717, 1.165) is 25.9 Å². The fourth-order valence-corrected chi connectivity index (χ4v) is 2.21. The predicted octanol–water partition coefficient (Wildman–Crippen LogP) is 1.35. The fraction of sp³-hybridized carbons (Fsp3) is 0.909. The molecule has 1 heterocycles. The quantitative estimate of drug-likeness (QED) is 0.752. The summed E-state index contributed by atoms with van der Waals surface area (Å²) in [6, 6.07) is -0.340. The lowest BCUT2D eigenvalue weighted by Gasteiger charge is -2.35. The van der Waals surface area contributed by atoms with Crippen LogP contribution >= 0.6 is 0 Å². The summed E-state index contributed by atoms with van der Waals surface area (Å²) in [6.45, 7) is 6.26. The van der Waals surface area contributed by atoms with Crippen LogP contribution in [0.1, 0.15) is 33.1 Å². The van der Waals surface area contributed by atoms with Crippen LogP contribution < -0.4 is 0 Å². The molecule has 0 aromatic rings. The van der Waals surface area contributed by atoms with Crippen LogP contribution in [-0.2, 0) is 9.53 Å². The zero-order valence-corrected chi connectivity index (χ0v) is 9.61. The van der Waals surface area contributed by atoms with Gasteiger partial charge in [0.1, 0.15) is 6.04 Å². The normalized spacial score (nSPS) is 25.1. The molecule has 1 aliphatic heterocycles. The lowest BCUT2D eigenvalue weighted by molar-refractivity contribution is -0.145. The van der Waals surface area contributed by atoms with Gasteiger partial charge in [0, 0.05) is 13.2 Å². The third-order valence-corrected chi connectivity index (χ3v) is 2.92. The number of hydrogen-bond acceptors (Lipinski definition) is 3. The van der Waals surface area contributed by atoms with Crippen LogP contribution in [0.15, 0.2) is 0 Å². The van der Waals surface area contributed by atoms with Crippen LogP contribution in [0.5, 0.6) is 0 Å². The highest BCUT2D eigenvalue weighted by Crippen LogP contribution is 2.17. The van der Waals surface area contributed by atoms with Gasteiger partial charge in [-0.1, -0.05) is 6.92 Å². The Kier molecular flexibility index (Phi) is 5.05. The minimum absolute atomic E-state index is 0.220. The molecule has 1 N–H and O–H groups in total. The molecule has 0 aromatic heterocycles. The molecule has 4 heteroatoms. The molecule has 1 fully saturated rings. The minimum atomic E-state index is -0.713. The molecule has 0 aliphatic carbocycles. The number of ether oxygens (including phenoxy) is 1. The van der Waals surface area contributed by atoms with E-state index in [1.54, 1.807) is 0 Å². The van der Waals surface area contributed by atoms with E-state index in [4.69, 9.17) is 9.84 Å². The molecule has 1 aliphatic rings. The summed E-state index contributed by atoms with van der Waals surface area (Å²) in [5.41, 5.74) is 0. The van der Waals surface area contributed by atoms with Gasteiger partial charge < -0.3 is 9.84 Å². The van der Waals surface area contributed by atoms with Crippen LogP contribution in [0, 0.1) is 0 Å². The van der Waals surface area contributed by atoms with E-state index in [0.29, 0.717) is 13.0 Å². The summed E-state index contributed by atoms with van der Waals surface area (Å²) in [5, 5.41) is 9.06. The van der Waals surface area contributed by atoms with Crippen molar-refractivity contribution < 1.29 is 14.6 Å². The number of carboxylic acids is 1. The first kappa shape index (κ1) is 12.5. The highest BCUT2D eigenvalue weighted by Gasteiger charge is 2.29. The first-order valence-corrected chi connectivity index (χ1v) is 5.77. The van der Waals surface area contributed by atoms with Crippen molar-refractivity contribution in [2.45, 2.75) is 45.3 Å². The van der Waals surface area contributed by atoms with E-state index in [9.17, 15) is 4.79 Å². The summed E-state index contributed by atoms with van der Waals surface area (Å²) < 4.78 is 5.55. The second-order valence-electron chi connectivity index (χ2n) is 3.98. The molecular formula is C11H21NO3. The van der Waals surface area contributed by atoms with Crippen LogP contribution in [0.2, 0.25) is 0 Å². The molecule has 0 bridgehead atoms. The topological polar surface area (TPSA) is 49.8 Å². The molecule has 15 heavy (non-hydrogen) atoms. The zero-order valence-electron chi connectivity index (χ0n) is 9.61. The minimum Gasteiger partial charge on any atom is -0.480 e. The van der Waals surface area contributed by atoms with Gasteiger partial charge >= 0.3 is 5.97 Å². The summed E-state index contributed by atoms with van der Waals surface area (Å²) in [5.74, 6) is -0.713. The smallest absolute Gasteiger partial charge is 0.320 e. The highest BCUT2D eigenvalue weighted by atomic mass is 16.5. The molecule has 2 unspecified atom stereocenters. The summed E-state index contributed by atoms with van der Waals surface area (Å²) in [4.78, 5) is 13.0. The van der Waals surface area contributed by atoms with Gasteiger partial charge in [-0.15, -0.1) is 0 Å². The van der Waals surface area contributed by atoms with Crippen molar-refractivity contribution >= 4 is 5.97 Å². The van der Waals surface area contributed by atoms with Gasteiger partial charge in [0.05, 0.1) is 6.10 Å². The maximum atomic E-state index is 11.0. The number of piperidine rings is 1. The van der Waals surface area contributed by atoms with Crippen molar-refractivity contribution in [3.8, 4) is 0 Å². The van der Waals surface area contributed by atoms with Crippen molar-refractivity contribution in [2.24, 2.45) is 0 Å². The summed E-state index contributed by atoms with van der Waals surface area (Å²) in [7, 11) is 0. The summed E-state index contributed by atoms with van der Waals surface area (Å²) in [6.07, 6.45) is 2.97. The fourth-order valence-electron chi connectivity index (χ4n) is 2.21. The Labute approximate surface area is 91.2 Å². The van der Waals surface area contributed by atoms with Gasteiger partial charge in [0.15, 0.2) is 0 Å². The molecule has 0 amide bonds. The Bertz CT molecular complexity index is 206. The van der Waals surface area contributed by atoms with Gasteiger partial charge in [-0.2, -0.15) is 0 Å². The van der Waals surface area contributed by atoms with Crippen LogP contribution in [0.25, 0.3) is 0 Å². The molecule has 1 rings (SSSR count). The van der Waals surface area contributed by atoms with Crippen molar-refractivity contribution in [1.82, 2.24) is 4.90 Å². The number of rotatable bonds is 5. The van der Waals surface area contributed by atoms with Gasteiger partial charge in [0.25, 0.3) is 0 Å². The van der Waals surface area contributed by atoms with Gasteiger partial charge in [-0.05, 0) is 32.7 Å². The van der Waals surface area contributed by atoms with Crippen molar-refractivity contribution in [2.75, 3.05) is 19.7 Å². The lowest BCUT2D eigenvalue weighted by atomic mass is 10.0. The molecule has 0 spiro atoms. The Morgan fingerprint density at radius 2 is 2.33 bits per heavy atom. The number of likely N-dealkylation sites (tertiary alicyclic amines) is 1. The van der Waals surface area contributed by atoms with E-state index in [-0.39, 0.29) is 12.1 Å². The van der Waals surface area contributed by atoms with E-state index in [1.165, 1.54) is 0 Å². The van der Waals surface area contributed by atoms with Crippen molar-refractivity contribution in [1.29, 1.82) is 0 Å². The van der Waals surface area contributed by atoms with Gasteiger partial charge in [-0.25, -0.2) is 0 Å². The lowest BCUT2D eigenvalue weighted by Crippen LogP contribution is -2.48. The monoisotopic (exact) mass is 215 g/mol. The van der Waals surface area contributed by atoms with E-state index < -0.39 is 5.97 Å². The molecule has 0 radical (unpaired) electrons. The van der Waals surface area contributed by atoms with Crippen LogP contribution in [0.4, 0.5) is 0 Å². The molecule has 88 valence electrons. The number of carboxylic acid groups (broad SMARTS) is 1. The number of aliphatic carboxylic acids is 1. The van der Waals surface area contributed by atoms with Crippen LogP contribution in [-0.4, -0.2) is 47.8 Å². The largest absolute Gasteiger partial charge is 0.480 e. The van der Waals surface area contributed by atoms with Crippen molar-refractivity contribution in [3.63, 3.8) is 0 Å². The maximum Gasteiger partial charge on any atom is 0.320 e. The number of nitrogens with zero attached hydrogens (tertiary/aromatic N) is 1. The second kappa shape index (κ2) is 6.08. The molecule has 0 saturated carbocycles. The third kappa shape index (κ3) is 3.47. The first-order chi connectivity index (χ1) is 7.19. The van der Waals surface area contributed by atoms with Crippen LogP contribution in [0.3, 0.4) is 0 Å². The predicted molar refractivity (Wildman–Crippen MR) is 57.9 cm³/mol. The highest BCUT2D eigenvalue weighted by molar-refractivity contribution is 5.73. The number of carbonyl (C=O) groups is 1. The van der Waals surface area contributed by atoms with E-state index in [2.05, 4.69) is 0 Å².